The van der Waals surface area contributed by atoms with Crippen molar-refractivity contribution < 1.29 is 13.2 Å². The summed E-state index contributed by atoms with van der Waals surface area (Å²) in [6.07, 6.45) is 3.10. The van der Waals surface area contributed by atoms with Crippen molar-refractivity contribution in [2.45, 2.75) is 23.9 Å². The van der Waals surface area contributed by atoms with Crippen LogP contribution in [0.3, 0.4) is 0 Å². The van der Waals surface area contributed by atoms with Crippen molar-refractivity contribution in [1.82, 2.24) is 14.5 Å². The van der Waals surface area contributed by atoms with Crippen molar-refractivity contribution in [2.75, 3.05) is 13.7 Å². The number of methoxy groups -OCH3 is 1. The minimum absolute atomic E-state index is 0.136. The van der Waals surface area contributed by atoms with E-state index in [1.165, 1.54) is 16.6 Å². The average Bonchev–Trinajstić information content (AvgIpc) is 3.18. The van der Waals surface area contributed by atoms with Gasteiger partial charge in [0.2, 0.25) is 0 Å². The molecule has 0 bridgehead atoms. The molecule has 0 aliphatic carbocycles. The van der Waals surface area contributed by atoms with Crippen LogP contribution >= 0.6 is 0 Å². The molecule has 21 heavy (non-hydrogen) atoms. The molecule has 1 unspecified atom stereocenters. The standard InChI is InChI=1S/C14H17N3O3S/c1-20-12-5-2-4-11(10-12)13-6-3-9-17(13)21(18,19)14-7-8-15-16-14/h2,4-5,7-8,10,13H,3,6,9H2,1H3,(H,15,16). The van der Waals surface area contributed by atoms with E-state index in [-0.39, 0.29) is 11.1 Å². The normalized spacial score (nSPS) is 19.8. The number of ether oxygens (including phenoxy) is 1. The molecule has 6 nitrogen and oxygen atoms in total. The minimum Gasteiger partial charge on any atom is -0.497 e. The van der Waals surface area contributed by atoms with Crippen LogP contribution in [0, 0.1) is 0 Å². The molecule has 1 N–H and O–H groups in total. The van der Waals surface area contributed by atoms with E-state index >= 15 is 0 Å². The van der Waals surface area contributed by atoms with E-state index in [4.69, 9.17) is 4.74 Å². The lowest BCUT2D eigenvalue weighted by Gasteiger charge is -2.23. The van der Waals surface area contributed by atoms with Crippen molar-refractivity contribution in [1.29, 1.82) is 0 Å². The molecule has 0 amide bonds. The highest BCUT2D eigenvalue weighted by atomic mass is 32.2. The van der Waals surface area contributed by atoms with Gasteiger partial charge >= 0.3 is 0 Å². The van der Waals surface area contributed by atoms with Gasteiger partial charge in [0.15, 0.2) is 5.03 Å². The third-order valence-electron chi connectivity index (χ3n) is 3.74. The molecule has 1 atom stereocenters. The molecule has 1 aromatic carbocycles. The Labute approximate surface area is 123 Å². The summed E-state index contributed by atoms with van der Waals surface area (Å²) in [4.78, 5) is 0. The summed E-state index contributed by atoms with van der Waals surface area (Å²) in [5.74, 6) is 0.735. The maximum atomic E-state index is 12.7. The Hall–Kier alpha value is -1.86. The van der Waals surface area contributed by atoms with Gasteiger partial charge in [-0.25, -0.2) is 8.42 Å². The van der Waals surface area contributed by atoms with Gasteiger partial charge in [0.05, 0.1) is 19.3 Å². The summed E-state index contributed by atoms with van der Waals surface area (Å²) in [6, 6.07) is 8.89. The van der Waals surface area contributed by atoms with Gasteiger partial charge in [-0.05, 0) is 36.6 Å². The summed E-state index contributed by atoms with van der Waals surface area (Å²) in [6.45, 7) is 0.517. The maximum absolute atomic E-state index is 12.7. The van der Waals surface area contributed by atoms with Crippen molar-refractivity contribution in [2.24, 2.45) is 0 Å². The van der Waals surface area contributed by atoms with Crippen molar-refractivity contribution in [3.05, 3.63) is 42.1 Å². The molecule has 1 fully saturated rings. The first-order valence-electron chi connectivity index (χ1n) is 6.78. The third-order valence-corrected chi connectivity index (χ3v) is 5.58. The Morgan fingerprint density at radius 2 is 2.24 bits per heavy atom. The Kier molecular flexibility index (Phi) is 3.69. The van der Waals surface area contributed by atoms with E-state index in [0.717, 1.165) is 24.2 Å². The van der Waals surface area contributed by atoms with Crippen LogP contribution in [0.25, 0.3) is 0 Å². The van der Waals surface area contributed by atoms with Crippen LogP contribution < -0.4 is 4.74 Å². The SMILES string of the molecule is COc1cccc(C2CCCN2S(=O)(=O)c2ccn[nH]2)c1. The molecular formula is C14H17N3O3S. The van der Waals surface area contributed by atoms with Crippen LogP contribution in [0.5, 0.6) is 5.75 Å². The van der Waals surface area contributed by atoms with Gasteiger partial charge in [0, 0.05) is 6.54 Å². The number of aromatic nitrogens is 2. The van der Waals surface area contributed by atoms with Crippen LogP contribution in [0.4, 0.5) is 0 Å². The van der Waals surface area contributed by atoms with Gasteiger partial charge in [0.1, 0.15) is 5.75 Å². The zero-order chi connectivity index (χ0) is 14.9. The first kappa shape index (κ1) is 14.1. The molecule has 0 radical (unpaired) electrons. The van der Waals surface area contributed by atoms with Crippen LogP contribution in [-0.4, -0.2) is 36.6 Å². The predicted molar refractivity (Wildman–Crippen MR) is 77.4 cm³/mol. The highest BCUT2D eigenvalue weighted by Crippen LogP contribution is 2.37. The second-order valence-electron chi connectivity index (χ2n) is 4.97. The van der Waals surface area contributed by atoms with Crippen molar-refractivity contribution >= 4 is 10.0 Å². The summed E-state index contributed by atoms with van der Waals surface area (Å²) < 4.78 is 32.1. The molecule has 112 valence electrons. The summed E-state index contributed by atoms with van der Waals surface area (Å²) in [7, 11) is -1.93. The Bertz CT molecular complexity index is 713. The first-order chi connectivity index (χ1) is 10.1. The van der Waals surface area contributed by atoms with E-state index in [1.807, 2.05) is 24.3 Å². The van der Waals surface area contributed by atoms with Gasteiger partial charge in [-0.15, -0.1) is 0 Å². The fraction of sp³-hybridized carbons (Fsp3) is 0.357. The average molecular weight is 307 g/mol. The van der Waals surface area contributed by atoms with Gasteiger partial charge in [-0.1, -0.05) is 12.1 Å². The van der Waals surface area contributed by atoms with E-state index in [0.29, 0.717) is 6.54 Å². The Morgan fingerprint density at radius 3 is 2.95 bits per heavy atom. The van der Waals surface area contributed by atoms with Crippen molar-refractivity contribution in [3.8, 4) is 5.75 Å². The lowest BCUT2D eigenvalue weighted by Crippen LogP contribution is -2.31. The molecule has 7 heteroatoms. The van der Waals surface area contributed by atoms with E-state index < -0.39 is 10.0 Å². The zero-order valence-electron chi connectivity index (χ0n) is 11.7. The smallest absolute Gasteiger partial charge is 0.260 e. The fourth-order valence-electron chi connectivity index (χ4n) is 2.72. The second kappa shape index (κ2) is 5.50. The van der Waals surface area contributed by atoms with Gasteiger partial charge in [-0.2, -0.15) is 9.40 Å². The quantitative estimate of drug-likeness (QED) is 0.936. The highest BCUT2D eigenvalue weighted by molar-refractivity contribution is 7.89. The molecule has 2 heterocycles. The molecule has 0 spiro atoms. The van der Waals surface area contributed by atoms with E-state index in [2.05, 4.69) is 10.2 Å². The number of nitrogens with zero attached hydrogens (tertiary/aromatic N) is 2. The number of rotatable bonds is 4. The number of benzene rings is 1. The molecule has 3 rings (SSSR count). The van der Waals surface area contributed by atoms with Crippen LogP contribution in [0.1, 0.15) is 24.4 Å². The molecule has 1 aliphatic rings. The van der Waals surface area contributed by atoms with Crippen LogP contribution in [0.15, 0.2) is 41.6 Å². The second-order valence-corrected chi connectivity index (χ2v) is 6.83. The predicted octanol–water partition coefficient (Wildman–Crippen LogP) is 1.94. The fourth-order valence-corrected chi connectivity index (χ4v) is 4.31. The highest BCUT2D eigenvalue weighted by Gasteiger charge is 2.36. The molecule has 2 aromatic rings. The van der Waals surface area contributed by atoms with Gasteiger partial charge in [0.25, 0.3) is 10.0 Å². The van der Waals surface area contributed by atoms with E-state index in [1.54, 1.807) is 7.11 Å². The third kappa shape index (κ3) is 2.54. The number of aromatic amines is 1. The molecule has 1 saturated heterocycles. The summed E-state index contributed by atoms with van der Waals surface area (Å²) >= 11 is 0. The monoisotopic (exact) mass is 307 g/mol. The molecule has 1 aromatic heterocycles. The molecule has 1 aliphatic heterocycles. The Balaban J connectivity index is 1.96. The lowest BCUT2D eigenvalue weighted by atomic mass is 10.1. The molecule has 0 saturated carbocycles. The van der Waals surface area contributed by atoms with E-state index in [9.17, 15) is 8.42 Å². The molecular weight excluding hydrogens is 290 g/mol. The van der Waals surface area contributed by atoms with Crippen LogP contribution in [0.2, 0.25) is 0 Å². The topological polar surface area (TPSA) is 75.3 Å². The largest absolute Gasteiger partial charge is 0.497 e. The van der Waals surface area contributed by atoms with Gasteiger partial charge < -0.3 is 4.74 Å². The van der Waals surface area contributed by atoms with Crippen LogP contribution in [-0.2, 0) is 10.0 Å². The Morgan fingerprint density at radius 1 is 1.38 bits per heavy atom. The summed E-state index contributed by atoms with van der Waals surface area (Å²) in [5.41, 5.74) is 0.954. The number of H-pyrrole nitrogens is 1. The zero-order valence-corrected chi connectivity index (χ0v) is 12.5. The minimum atomic E-state index is -3.54. The van der Waals surface area contributed by atoms with Crippen molar-refractivity contribution in [3.63, 3.8) is 0 Å². The van der Waals surface area contributed by atoms with Gasteiger partial charge in [-0.3, -0.25) is 5.10 Å². The number of hydrogen-bond acceptors (Lipinski definition) is 4. The number of nitrogens with one attached hydrogen (secondary N) is 1. The first-order valence-corrected chi connectivity index (χ1v) is 8.22. The summed E-state index contributed by atoms with van der Waals surface area (Å²) in [5, 5.41) is 6.42. The lowest BCUT2D eigenvalue weighted by molar-refractivity contribution is 0.389. The number of hydrogen-bond donors (Lipinski definition) is 1. The number of sulfonamides is 1. The maximum Gasteiger partial charge on any atom is 0.260 e.